The summed E-state index contributed by atoms with van der Waals surface area (Å²) in [6.07, 6.45) is 0.727. The fourth-order valence-electron chi connectivity index (χ4n) is 5.07. The average Bonchev–Trinajstić information content (AvgIpc) is 2.78. The van der Waals surface area contributed by atoms with Crippen molar-refractivity contribution in [2.24, 2.45) is 11.3 Å². The van der Waals surface area contributed by atoms with Crippen molar-refractivity contribution in [3.8, 4) is 0 Å². The summed E-state index contributed by atoms with van der Waals surface area (Å²) in [6.45, 7) is 7.65. The third-order valence-corrected chi connectivity index (χ3v) is 9.40. The fraction of sp³-hybridized carbons (Fsp3) is 0.481. The summed E-state index contributed by atoms with van der Waals surface area (Å²) in [5, 5.41) is 13.5. The number of rotatable bonds is 9. The maximum Gasteiger partial charge on any atom is 0.304 e. The highest BCUT2D eigenvalue weighted by Crippen LogP contribution is 2.45. The van der Waals surface area contributed by atoms with E-state index in [4.69, 9.17) is 23.2 Å². The molecular formula is C27H33Cl2NO4S. The van der Waals surface area contributed by atoms with E-state index in [1.165, 1.54) is 0 Å². The van der Waals surface area contributed by atoms with E-state index in [1.54, 1.807) is 25.1 Å². The number of nitrogens with one attached hydrogen (secondary N) is 1. The van der Waals surface area contributed by atoms with Crippen molar-refractivity contribution < 1.29 is 18.9 Å². The predicted molar refractivity (Wildman–Crippen MR) is 142 cm³/mol. The summed E-state index contributed by atoms with van der Waals surface area (Å²) in [7, 11) is -1.14. The lowest BCUT2D eigenvalue weighted by molar-refractivity contribution is -0.147. The number of aliphatic carboxylic acids is 1. The molecule has 1 saturated heterocycles. The highest BCUT2D eigenvalue weighted by atomic mass is 35.5. The van der Waals surface area contributed by atoms with E-state index in [1.807, 2.05) is 44.2 Å². The molecule has 2 N–H and O–H groups in total. The fourth-order valence-corrected chi connectivity index (χ4v) is 6.97. The van der Waals surface area contributed by atoms with Gasteiger partial charge in [-0.25, -0.2) is 0 Å². The number of amides is 1. The van der Waals surface area contributed by atoms with Gasteiger partial charge in [-0.15, -0.1) is 0 Å². The molecule has 0 radical (unpaired) electrons. The van der Waals surface area contributed by atoms with E-state index < -0.39 is 22.2 Å². The Kier molecular flexibility index (Phi) is 9.06. The number of hydrogen-bond donors (Lipinski definition) is 2. The smallest absolute Gasteiger partial charge is 0.304 e. The Morgan fingerprint density at radius 2 is 1.80 bits per heavy atom. The second kappa shape index (κ2) is 11.4. The first-order valence-electron chi connectivity index (χ1n) is 11.8. The molecule has 190 valence electrons. The minimum Gasteiger partial charge on any atom is -0.481 e. The minimum absolute atomic E-state index is 0.0357. The van der Waals surface area contributed by atoms with Crippen LogP contribution in [0.5, 0.6) is 0 Å². The summed E-state index contributed by atoms with van der Waals surface area (Å²) >= 11 is 12.4. The van der Waals surface area contributed by atoms with Crippen LogP contribution >= 0.6 is 23.2 Å². The maximum absolute atomic E-state index is 13.3. The van der Waals surface area contributed by atoms with E-state index in [9.17, 15) is 18.9 Å². The number of carbonyl (C=O) groups is 2. The van der Waals surface area contributed by atoms with Crippen LogP contribution in [0, 0.1) is 11.3 Å². The van der Waals surface area contributed by atoms with Crippen molar-refractivity contribution in [3.63, 3.8) is 0 Å². The van der Waals surface area contributed by atoms with Gasteiger partial charge in [0.15, 0.2) is 0 Å². The van der Waals surface area contributed by atoms with Crippen LogP contribution in [0.3, 0.4) is 0 Å². The Morgan fingerprint density at radius 3 is 2.37 bits per heavy atom. The quantitative estimate of drug-likeness (QED) is 0.389. The Bertz CT molecular complexity index is 1090. The van der Waals surface area contributed by atoms with E-state index >= 15 is 0 Å². The highest BCUT2D eigenvalue weighted by Gasteiger charge is 2.47. The minimum atomic E-state index is -1.14. The molecule has 2 aromatic carbocycles. The predicted octanol–water partition coefficient (Wildman–Crippen LogP) is 6.37. The Labute approximate surface area is 220 Å². The van der Waals surface area contributed by atoms with Crippen LogP contribution in [0.4, 0.5) is 0 Å². The molecule has 0 bridgehead atoms. The van der Waals surface area contributed by atoms with E-state index in [-0.39, 0.29) is 40.7 Å². The number of carboxylic acids is 1. The molecule has 5 nitrogen and oxygen atoms in total. The van der Waals surface area contributed by atoms with Crippen LogP contribution in [0.15, 0.2) is 48.5 Å². The number of piperidine rings is 1. The van der Waals surface area contributed by atoms with Gasteiger partial charge in [-0.3, -0.25) is 13.8 Å². The first-order chi connectivity index (χ1) is 16.4. The van der Waals surface area contributed by atoms with Gasteiger partial charge in [-0.05, 0) is 54.2 Å². The highest BCUT2D eigenvalue weighted by molar-refractivity contribution is 7.85. The molecule has 0 aliphatic carbocycles. The van der Waals surface area contributed by atoms with Crippen LogP contribution in [0.25, 0.3) is 0 Å². The summed E-state index contributed by atoms with van der Waals surface area (Å²) in [6, 6.07) is 14.7. The second-order valence-electron chi connectivity index (χ2n) is 10.1. The topological polar surface area (TPSA) is 83.5 Å². The molecule has 0 saturated carbocycles. The van der Waals surface area contributed by atoms with E-state index in [0.29, 0.717) is 22.9 Å². The van der Waals surface area contributed by atoms with Gasteiger partial charge in [-0.1, -0.05) is 75.2 Å². The Hall–Kier alpha value is -1.89. The molecule has 1 aliphatic heterocycles. The Balaban J connectivity index is 1.96. The van der Waals surface area contributed by atoms with Crippen LogP contribution in [0.1, 0.15) is 69.3 Å². The van der Waals surface area contributed by atoms with Gasteiger partial charge in [0.1, 0.15) is 0 Å². The van der Waals surface area contributed by atoms with Crippen molar-refractivity contribution in [1.82, 2.24) is 5.32 Å². The normalized spacial score (nSPS) is 25.1. The summed E-state index contributed by atoms with van der Waals surface area (Å²) in [4.78, 5) is 24.7. The van der Waals surface area contributed by atoms with Gasteiger partial charge in [0.2, 0.25) is 5.91 Å². The molecule has 1 aliphatic rings. The largest absolute Gasteiger partial charge is 0.481 e. The van der Waals surface area contributed by atoms with Gasteiger partial charge in [0.25, 0.3) is 0 Å². The molecular weight excluding hydrogens is 505 g/mol. The number of carbonyl (C=O) groups excluding carboxylic acids is 1. The zero-order chi connectivity index (χ0) is 25.9. The van der Waals surface area contributed by atoms with E-state index in [0.717, 1.165) is 11.1 Å². The van der Waals surface area contributed by atoms with E-state index in [2.05, 4.69) is 12.2 Å². The molecule has 6 unspecified atom stereocenters. The molecule has 1 amide bonds. The van der Waals surface area contributed by atoms with Crippen molar-refractivity contribution in [2.75, 3.05) is 0 Å². The van der Waals surface area contributed by atoms with Crippen LogP contribution in [-0.2, 0) is 20.4 Å². The zero-order valence-electron chi connectivity index (χ0n) is 20.5. The number of hydrogen-bond acceptors (Lipinski definition) is 3. The third kappa shape index (κ3) is 6.66. The summed E-state index contributed by atoms with van der Waals surface area (Å²) in [5.74, 6) is -1.44. The van der Waals surface area contributed by atoms with Crippen molar-refractivity contribution in [1.29, 1.82) is 0 Å². The van der Waals surface area contributed by atoms with Crippen LogP contribution in [0.2, 0.25) is 10.0 Å². The summed E-state index contributed by atoms with van der Waals surface area (Å²) in [5.41, 5.74) is 0.871. The van der Waals surface area contributed by atoms with Crippen LogP contribution in [-0.4, -0.2) is 32.5 Å². The molecule has 1 fully saturated rings. The molecule has 0 aromatic heterocycles. The average molecular weight is 539 g/mol. The molecule has 6 atom stereocenters. The first-order valence-corrected chi connectivity index (χ1v) is 13.9. The SMILES string of the molecule is CC(CC(c1ccc(Cl)cc1)S(=O)C(C)C)C1NC(=O)C(C)(CC(=O)O)CC1c1cccc(Cl)c1. The van der Waals surface area contributed by atoms with Gasteiger partial charge in [0, 0.05) is 38.1 Å². The molecule has 1 heterocycles. The monoisotopic (exact) mass is 537 g/mol. The van der Waals surface area contributed by atoms with Gasteiger partial charge < -0.3 is 10.4 Å². The van der Waals surface area contributed by atoms with Gasteiger partial charge >= 0.3 is 5.97 Å². The number of benzene rings is 2. The maximum atomic E-state index is 13.3. The van der Waals surface area contributed by atoms with Crippen LogP contribution < -0.4 is 5.32 Å². The standard InChI is InChI=1S/C27H33Cl2NO4S/c1-16(2)35(34)23(18-8-10-20(28)11-9-18)12-17(3)25-22(19-6-5-7-21(29)13-19)14-27(4,15-24(31)32)26(33)30-25/h5-11,13,16-17,22-23,25H,12,14-15H2,1-4H3,(H,30,33)(H,31,32). The summed E-state index contributed by atoms with van der Waals surface area (Å²) < 4.78 is 13.3. The third-order valence-electron chi connectivity index (χ3n) is 6.95. The second-order valence-corrected chi connectivity index (χ2v) is 13.2. The van der Waals surface area contributed by atoms with Gasteiger partial charge in [-0.2, -0.15) is 0 Å². The molecule has 8 heteroatoms. The Morgan fingerprint density at radius 1 is 1.14 bits per heavy atom. The lowest BCUT2D eigenvalue weighted by Crippen LogP contribution is -2.56. The van der Waals surface area contributed by atoms with Crippen molar-refractivity contribution in [2.45, 2.75) is 69.4 Å². The lowest BCUT2D eigenvalue weighted by atomic mass is 9.67. The molecule has 0 spiro atoms. The zero-order valence-corrected chi connectivity index (χ0v) is 22.8. The van der Waals surface area contributed by atoms with Gasteiger partial charge in [0.05, 0.1) is 17.1 Å². The van der Waals surface area contributed by atoms with Crippen molar-refractivity contribution in [3.05, 3.63) is 69.7 Å². The lowest BCUT2D eigenvalue weighted by Gasteiger charge is -2.45. The molecule has 35 heavy (non-hydrogen) atoms. The number of carboxylic acid groups (broad SMARTS) is 1. The number of halogens is 2. The van der Waals surface area contributed by atoms with Crippen molar-refractivity contribution >= 4 is 45.9 Å². The first kappa shape index (κ1) is 27.7. The molecule has 3 rings (SSSR count). The molecule has 2 aromatic rings.